The molecule has 0 radical (unpaired) electrons. The molecule has 0 saturated carbocycles. The molecule has 0 spiro atoms. The molecular weight excluding hydrogens is 307 g/mol. The van der Waals surface area contributed by atoms with Crippen LogP contribution in [0.1, 0.15) is 29.7 Å². The maximum absolute atomic E-state index is 13.4. The smallest absolute Gasteiger partial charge is 0.141 e. The Morgan fingerprint density at radius 3 is 2.79 bits per heavy atom. The average molecular weight is 323 g/mol. The SMILES string of the molecule is CCNC(c1cncc(F)c1)c1cc(Br)ccc1C. The molecule has 19 heavy (non-hydrogen) atoms. The van der Waals surface area contributed by atoms with Gasteiger partial charge in [-0.3, -0.25) is 4.98 Å². The van der Waals surface area contributed by atoms with E-state index in [2.05, 4.69) is 45.3 Å². The van der Waals surface area contributed by atoms with E-state index >= 15 is 0 Å². The zero-order chi connectivity index (χ0) is 13.8. The fraction of sp³-hybridized carbons (Fsp3) is 0.267. The lowest BCUT2D eigenvalue weighted by atomic mass is 9.96. The van der Waals surface area contributed by atoms with E-state index in [1.54, 1.807) is 6.20 Å². The molecule has 1 aromatic heterocycles. The number of aryl methyl sites for hydroxylation is 1. The van der Waals surface area contributed by atoms with Crippen molar-refractivity contribution in [2.45, 2.75) is 19.9 Å². The summed E-state index contributed by atoms with van der Waals surface area (Å²) in [5.41, 5.74) is 3.13. The van der Waals surface area contributed by atoms with Crippen LogP contribution in [0.15, 0.2) is 41.1 Å². The summed E-state index contributed by atoms with van der Waals surface area (Å²) in [6, 6.07) is 7.60. The molecular formula is C15H16BrFN2. The molecule has 1 N–H and O–H groups in total. The highest BCUT2D eigenvalue weighted by atomic mass is 79.9. The largest absolute Gasteiger partial charge is 0.306 e. The van der Waals surface area contributed by atoms with Gasteiger partial charge in [0.15, 0.2) is 0 Å². The summed E-state index contributed by atoms with van der Waals surface area (Å²) in [6.07, 6.45) is 2.93. The van der Waals surface area contributed by atoms with Crippen LogP contribution in [0.2, 0.25) is 0 Å². The summed E-state index contributed by atoms with van der Waals surface area (Å²) >= 11 is 3.49. The van der Waals surface area contributed by atoms with Crippen LogP contribution in [0.25, 0.3) is 0 Å². The predicted octanol–water partition coefficient (Wildman–Crippen LogP) is 3.99. The highest BCUT2D eigenvalue weighted by Gasteiger charge is 2.16. The molecule has 0 aliphatic rings. The third kappa shape index (κ3) is 3.39. The summed E-state index contributed by atoms with van der Waals surface area (Å²) < 4.78 is 14.4. The molecule has 1 heterocycles. The Labute approximate surface area is 121 Å². The molecule has 100 valence electrons. The topological polar surface area (TPSA) is 24.9 Å². The first-order valence-corrected chi connectivity index (χ1v) is 7.01. The maximum atomic E-state index is 13.4. The average Bonchev–Trinajstić information content (AvgIpc) is 2.39. The first-order valence-electron chi connectivity index (χ1n) is 6.21. The quantitative estimate of drug-likeness (QED) is 0.920. The number of hydrogen-bond acceptors (Lipinski definition) is 2. The second-order valence-electron chi connectivity index (χ2n) is 4.43. The van der Waals surface area contributed by atoms with Crippen molar-refractivity contribution in [3.63, 3.8) is 0 Å². The van der Waals surface area contributed by atoms with Gasteiger partial charge in [0.05, 0.1) is 12.2 Å². The van der Waals surface area contributed by atoms with Gasteiger partial charge in [-0.1, -0.05) is 28.9 Å². The van der Waals surface area contributed by atoms with Gasteiger partial charge in [0, 0.05) is 10.7 Å². The molecule has 0 aliphatic carbocycles. The first-order chi connectivity index (χ1) is 9.11. The molecule has 1 aromatic carbocycles. The zero-order valence-electron chi connectivity index (χ0n) is 11.0. The lowest BCUT2D eigenvalue weighted by molar-refractivity contribution is 0.594. The standard InChI is InChI=1S/C15H16BrFN2/c1-3-19-15(11-6-13(17)9-18-8-11)14-7-12(16)5-4-10(14)2/h4-9,15,19H,3H2,1-2H3. The lowest BCUT2D eigenvalue weighted by Gasteiger charge is -2.21. The third-order valence-corrected chi connectivity index (χ3v) is 3.51. The maximum Gasteiger partial charge on any atom is 0.141 e. The van der Waals surface area contributed by atoms with Gasteiger partial charge in [-0.25, -0.2) is 4.39 Å². The van der Waals surface area contributed by atoms with E-state index in [-0.39, 0.29) is 11.9 Å². The first kappa shape index (κ1) is 14.2. The van der Waals surface area contributed by atoms with Crippen LogP contribution < -0.4 is 5.32 Å². The van der Waals surface area contributed by atoms with Crippen molar-refractivity contribution in [2.75, 3.05) is 6.54 Å². The van der Waals surface area contributed by atoms with Crippen LogP contribution in [0.5, 0.6) is 0 Å². The number of aromatic nitrogens is 1. The van der Waals surface area contributed by atoms with Crippen LogP contribution in [-0.2, 0) is 0 Å². The zero-order valence-corrected chi connectivity index (χ0v) is 12.5. The van der Waals surface area contributed by atoms with Gasteiger partial charge in [0.25, 0.3) is 0 Å². The van der Waals surface area contributed by atoms with Crippen molar-refractivity contribution in [2.24, 2.45) is 0 Å². The van der Waals surface area contributed by atoms with Gasteiger partial charge in [0.1, 0.15) is 5.82 Å². The Morgan fingerprint density at radius 2 is 2.11 bits per heavy atom. The van der Waals surface area contributed by atoms with Crippen LogP contribution in [-0.4, -0.2) is 11.5 Å². The number of halogens is 2. The Morgan fingerprint density at radius 1 is 1.32 bits per heavy atom. The van der Waals surface area contributed by atoms with Crippen LogP contribution >= 0.6 is 15.9 Å². The molecule has 0 saturated heterocycles. The molecule has 4 heteroatoms. The highest BCUT2D eigenvalue weighted by molar-refractivity contribution is 9.10. The van der Waals surface area contributed by atoms with E-state index in [1.807, 2.05) is 13.0 Å². The van der Waals surface area contributed by atoms with E-state index < -0.39 is 0 Å². The van der Waals surface area contributed by atoms with E-state index in [4.69, 9.17) is 0 Å². The Kier molecular flexibility index (Phi) is 4.66. The molecule has 0 bridgehead atoms. The van der Waals surface area contributed by atoms with Crippen molar-refractivity contribution >= 4 is 15.9 Å². The molecule has 1 atom stereocenters. The Hall–Kier alpha value is -1.26. The molecule has 0 fully saturated rings. The fourth-order valence-electron chi connectivity index (χ4n) is 2.12. The Balaban J connectivity index is 2.48. The van der Waals surface area contributed by atoms with Crippen LogP contribution in [0.4, 0.5) is 4.39 Å². The van der Waals surface area contributed by atoms with E-state index in [9.17, 15) is 4.39 Å². The minimum atomic E-state index is -0.312. The van der Waals surface area contributed by atoms with Gasteiger partial charge in [-0.2, -0.15) is 0 Å². The van der Waals surface area contributed by atoms with Crippen molar-refractivity contribution in [1.29, 1.82) is 0 Å². The minimum absolute atomic E-state index is 0.0503. The van der Waals surface area contributed by atoms with E-state index in [0.717, 1.165) is 22.1 Å². The van der Waals surface area contributed by atoms with E-state index in [0.29, 0.717) is 0 Å². The second-order valence-corrected chi connectivity index (χ2v) is 5.34. The summed E-state index contributed by atoms with van der Waals surface area (Å²) in [6.45, 7) is 4.89. The molecule has 1 unspecified atom stereocenters. The van der Waals surface area contributed by atoms with Crippen LogP contribution in [0, 0.1) is 12.7 Å². The number of hydrogen-bond donors (Lipinski definition) is 1. The normalized spacial score (nSPS) is 12.4. The van der Waals surface area contributed by atoms with Gasteiger partial charge < -0.3 is 5.32 Å². The number of nitrogens with one attached hydrogen (secondary N) is 1. The molecule has 0 amide bonds. The summed E-state index contributed by atoms with van der Waals surface area (Å²) in [5, 5.41) is 3.38. The molecule has 2 nitrogen and oxygen atoms in total. The van der Waals surface area contributed by atoms with Crippen molar-refractivity contribution in [3.8, 4) is 0 Å². The lowest BCUT2D eigenvalue weighted by Crippen LogP contribution is -2.23. The number of benzene rings is 1. The van der Waals surface area contributed by atoms with Crippen molar-refractivity contribution in [1.82, 2.24) is 10.3 Å². The van der Waals surface area contributed by atoms with Gasteiger partial charge in [0.2, 0.25) is 0 Å². The number of rotatable bonds is 4. The van der Waals surface area contributed by atoms with Gasteiger partial charge in [-0.05, 0) is 48.4 Å². The molecule has 2 rings (SSSR count). The summed E-state index contributed by atoms with van der Waals surface area (Å²) in [4.78, 5) is 3.94. The minimum Gasteiger partial charge on any atom is -0.306 e. The molecule has 0 aliphatic heterocycles. The van der Waals surface area contributed by atoms with Crippen molar-refractivity contribution < 1.29 is 4.39 Å². The predicted molar refractivity (Wildman–Crippen MR) is 78.6 cm³/mol. The monoisotopic (exact) mass is 322 g/mol. The number of nitrogens with zero attached hydrogens (tertiary/aromatic N) is 1. The highest BCUT2D eigenvalue weighted by Crippen LogP contribution is 2.27. The summed E-state index contributed by atoms with van der Waals surface area (Å²) in [5.74, 6) is -0.312. The van der Waals surface area contributed by atoms with Crippen LogP contribution in [0.3, 0.4) is 0 Å². The fourth-order valence-corrected chi connectivity index (χ4v) is 2.50. The Bertz CT molecular complexity index is 572. The van der Waals surface area contributed by atoms with Gasteiger partial charge >= 0.3 is 0 Å². The summed E-state index contributed by atoms with van der Waals surface area (Å²) in [7, 11) is 0. The van der Waals surface area contributed by atoms with Gasteiger partial charge in [-0.15, -0.1) is 0 Å². The second kappa shape index (κ2) is 6.26. The third-order valence-electron chi connectivity index (χ3n) is 3.02. The molecule has 2 aromatic rings. The van der Waals surface area contributed by atoms with E-state index in [1.165, 1.54) is 17.8 Å². The van der Waals surface area contributed by atoms with Crippen molar-refractivity contribution in [3.05, 3.63) is 63.6 Å². The number of pyridine rings is 1.